The molecule has 0 amide bonds. The van der Waals surface area contributed by atoms with Gasteiger partial charge in [-0.2, -0.15) is 4.98 Å². The third-order valence-corrected chi connectivity index (χ3v) is 6.55. The van der Waals surface area contributed by atoms with E-state index in [-0.39, 0.29) is 5.97 Å². The summed E-state index contributed by atoms with van der Waals surface area (Å²) in [6.45, 7) is 3.85. The van der Waals surface area contributed by atoms with Gasteiger partial charge in [0.25, 0.3) is 6.01 Å². The lowest BCUT2D eigenvalue weighted by Crippen LogP contribution is -2.30. The fourth-order valence-electron chi connectivity index (χ4n) is 4.02. The van der Waals surface area contributed by atoms with Crippen molar-refractivity contribution in [2.45, 2.75) is 32.4 Å². The molecule has 4 rings (SSSR count). The molecule has 0 radical (unpaired) electrons. The van der Waals surface area contributed by atoms with Crippen LogP contribution in [0.5, 0.6) is 17.2 Å². The van der Waals surface area contributed by atoms with Crippen molar-refractivity contribution in [3.8, 4) is 17.2 Å². The number of fused-ring (bicyclic) bond motifs is 1. The molecular formula is C30H33IN2O6. The van der Waals surface area contributed by atoms with E-state index in [9.17, 15) is 4.79 Å². The second kappa shape index (κ2) is 14.6. The van der Waals surface area contributed by atoms with Crippen LogP contribution in [-0.2, 0) is 16.1 Å². The van der Waals surface area contributed by atoms with Gasteiger partial charge in [0.05, 0.1) is 20.3 Å². The normalized spacial score (nSPS) is 11.7. The molecule has 0 aliphatic heterocycles. The first-order valence-corrected chi connectivity index (χ1v) is 14.5. The number of oxazole rings is 1. The Morgan fingerprint density at radius 1 is 1.03 bits per heavy atom. The number of halogens is 1. The van der Waals surface area contributed by atoms with Gasteiger partial charge in [0.2, 0.25) is 0 Å². The van der Waals surface area contributed by atoms with Crippen molar-refractivity contribution in [2.75, 3.05) is 36.2 Å². The van der Waals surface area contributed by atoms with E-state index >= 15 is 0 Å². The molecule has 206 valence electrons. The third-order valence-electron chi connectivity index (χ3n) is 5.92. The molecule has 3 aromatic carbocycles. The average Bonchev–Trinajstić information content (AvgIpc) is 3.39. The molecule has 0 N–H and O–H groups in total. The number of esters is 1. The number of benzene rings is 3. The van der Waals surface area contributed by atoms with E-state index in [0.717, 1.165) is 39.0 Å². The lowest BCUT2D eigenvalue weighted by molar-refractivity contribution is -0.151. The van der Waals surface area contributed by atoms with Gasteiger partial charge in [-0.25, -0.2) is 4.79 Å². The van der Waals surface area contributed by atoms with Gasteiger partial charge < -0.3 is 28.3 Å². The number of alkyl halides is 1. The van der Waals surface area contributed by atoms with Gasteiger partial charge in [0.1, 0.15) is 22.8 Å². The molecule has 1 aromatic heterocycles. The predicted octanol–water partition coefficient (Wildman–Crippen LogP) is 6.45. The van der Waals surface area contributed by atoms with Crippen LogP contribution in [-0.4, -0.2) is 48.4 Å². The standard InChI is InChI=1S/C30H33IN2O6/c1-3-36-29(34)28(16-17-31)38-25-9-6-8-22(20-25)21-33(30-32-26-10-4-5-11-27(26)39-30)18-7-19-37-24-14-12-23(35-2)13-15-24/h4-6,8-15,20,28H,3,7,16-19,21H2,1-2H3/t28-/m1/s1. The Labute approximate surface area is 242 Å². The molecule has 1 heterocycles. The third kappa shape index (κ3) is 8.26. The van der Waals surface area contributed by atoms with Gasteiger partial charge in [-0.05, 0) is 67.4 Å². The Morgan fingerprint density at radius 2 is 1.82 bits per heavy atom. The number of nitrogens with zero attached hydrogens (tertiary/aromatic N) is 2. The summed E-state index contributed by atoms with van der Waals surface area (Å²) in [5.74, 6) is 1.86. The summed E-state index contributed by atoms with van der Waals surface area (Å²) in [4.78, 5) is 19.2. The molecule has 8 nitrogen and oxygen atoms in total. The Hall–Kier alpha value is -3.47. The van der Waals surface area contributed by atoms with Crippen molar-refractivity contribution in [3.63, 3.8) is 0 Å². The zero-order valence-electron chi connectivity index (χ0n) is 22.2. The molecule has 0 saturated carbocycles. The van der Waals surface area contributed by atoms with Crippen LogP contribution in [0.15, 0.2) is 77.2 Å². The van der Waals surface area contributed by atoms with Crippen LogP contribution in [0.25, 0.3) is 11.1 Å². The predicted molar refractivity (Wildman–Crippen MR) is 159 cm³/mol. The van der Waals surface area contributed by atoms with Crippen LogP contribution in [0.2, 0.25) is 0 Å². The highest BCUT2D eigenvalue weighted by Gasteiger charge is 2.22. The minimum atomic E-state index is -0.639. The molecule has 1 atom stereocenters. The van der Waals surface area contributed by atoms with Gasteiger partial charge in [-0.3, -0.25) is 0 Å². The highest BCUT2D eigenvalue weighted by Crippen LogP contribution is 2.25. The molecular weight excluding hydrogens is 611 g/mol. The van der Waals surface area contributed by atoms with Crippen LogP contribution in [0, 0.1) is 0 Å². The summed E-state index contributed by atoms with van der Waals surface area (Å²) in [6.07, 6.45) is 0.689. The summed E-state index contributed by atoms with van der Waals surface area (Å²) < 4.78 is 29.3. The minimum Gasteiger partial charge on any atom is -0.497 e. The smallest absolute Gasteiger partial charge is 0.347 e. The number of aromatic nitrogens is 1. The number of hydrogen-bond acceptors (Lipinski definition) is 8. The molecule has 0 bridgehead atoms. The molecule has 39 heavy (non-hydrogen) atoms. The summed E-state index contributed by atoms with van der Waals surface area (Å²) >= 11 is 2.24. The lowest BCUT2D eigenvalue weighted by atomic mass is 10.2. The average molecular weight is 645 g/mol. The van der Waals surface area contributed by atoms with Crippen molar-refractivity contribution in [1.82, 2.24) is 4.98 Å². The molecule has 4 aromatic rings. The number of rotatable bonds is 15. The SMILES string of the molecule is CCOC(=O)[C@@H](CCI)Oc1cccc(CN(CCCOc2ccc(OC)cc2)c2nc3ccccc3o2)c1. The van der Waals surface area contributed by atoms with Crippen LogP contribution < -0.4 is 19.1 Å². The number of anilines is 1. The maximum absolute atomic E-state index is 12.4. The van der Waals surface area contributed by atoms with E-state index in [1.54, 1.807) is 14.0 Å². The fourth-order valence-corrected chi connectivity index (χ4v) is 4.58. The zero-order chi connectivity index (χ0) is 27.5. The van der Waals surface area contributed by atoms with Crippen molar-refractivity contribution < 1.29 is 28.2 Å². The van der Waals surface area contributed by atoms with Crippen LogP contribution in [0.4, 0.5) is 6.01 Å². The van der Waals surface area contributed by atoms with Gasteiger partial charge in [0, 0.05) is 23.9 Å². The van der Waals surface area contributed by atoms with E-state index in [1.807, 2.05) is 72.8 Å². The van der Waals surface area contributed by atoms with Crippen LogP contribution in [0.3, 0.4) is 0 Å². The Bertz CT molecular complexity index is 1290. The summed E-state index contributed by atoms with van der Waals surface area (Å²) in [7, 11) is 1.64. The molecule has 0 spiro atoms. The van der Waals surface area contributed by atoms with Gasteiger partial charge >= 0.3 is 5.97 Å². The minimum absolute atomic E-state index is 0.321. The number of methoxy groups -OCH3 is 1. The van der Waals surface area contributed by atoms with E-state index in [1.165, 1.54) is 0 Å². The first kappa shape index (κ1) is 28.5. The molecule has 0 aliphatic rings. The van der Waals surface area contributed by atoms with Gasteiger partial charge in [-0.1, -0.05) is 46.9 Å². The van der Waals surface area contributed by atoms with Crippen molar-refractivity contribution in [1.29, 1.82) is 0 Å². The molecule has 0 saturated heterocycles. The van der Waals surface area contributed by atoms with E-state index in [2.05, 4.69) is 27.5 Å². The van der Waals surface area contributed by atoms with E-state index in [4.69, 9.17) is 28.3 Å². The topological polar surface area (TPSA) is 83.3 Å². The van der Waals surface area contributed by atoms with Crippen molar-refractivity contribution >= 4 is 45.7 Å². The van der Waals surface area contributed by atoms with Crippen LogP contribution >= 0.6 is 22.6 Å². The van der Waals surface area contributed by atoms with E-state index < -0.39 is 6.10 Å². The maximum Gasteiger partial charge on any atom is 0.347 e. The second-order valence-corrected chi connectivity index (χ2v) is 9.83. The summed E-state index contributed by atoms with van der Waals surface area (Å²) in [5.41, 5.74) is 2.54. The van der Waals surface area contributed by atoms with Crippen molar-refractivity contribution in [3.05, 3.63) is 78.4 Å². The molecule has 0 aliphatic carbocycles. The Balaban J connectivity index is 1.46. The largest absolute Gasteiger partial charge is 0.497 e. The molecule has 9 heteroatoms. The van der Waals surface area contributed by atoms with Gasteiger partial charge in [-0.15, -0.1) is 0 Å². The first-order chi connectivity index (χ1) is 19.1. The number of para-hydroxylation sites is 2. The van der Waals surface area contributed by atoms with Crippen molar-refractivity contribution in [2.24, 2.45) is 0 Å². The highest BCUT2D eigenvalue weighted by molar-refractivity contribution is 14.1. The maximum atomic E-state index is 12.4. The zero-order valence-corrected chi connectivity index (χ0v) is 24.3. The van der Waals surface area contributed by atoms with Crippen LogP contribution in [0.1, 0.15) is 25.3 Å². The van der Waals surface area contributed by atoms with E-state index in [0.29, 0.717) is 44.5 Å². The first-order valence-electron chi connectivity index (χ1n) is 12.9. The number of ether oxygens (including phenoxy) is 4. The highest BCUT2D eigenvalue weighted by atomic mass is 127. The number of carbonyl (C=O) groups is 1. The molecule has 0 unspecified atom stereocenters. The quantitative estimate of drug-likeness (QED) is 0.0633. The Kier molecular flexibility index (Phi) is 10.7. The lowest BCUT2D eigenvalue weighted by Gasteiger charge is -2.22. The molecule has 0 fully saturated rings. The summed E-state index contributed by atoms with van der Waals surface area (Å²) in [5, 5.41) is 0. The fraction of sp³-hybridized carbons (Fsp3) is 0.333. The summed E-state index contributed by atoms with van der Waals surface area (Å²) in [6, 6.07) is 23.6. The number of hydrogen-bond donors (Lipinski definition) is 0. The monoisotopic (exact) mass is 644 g/mol. The van der Waals surface area contributed by atoms with Gasteiger partial charge in [0.15, 0.2) is 11.7 Å². The number of carbonyl (C=O) groups excluding carboxylic acids is 1. The Morgan fingerprint density at radius 3 is 2.56 bits per heavy atom. The second-order valence-electron chi connectivity index (χ2n) is 8.75.